The number of benzene rings is 1. The molecule has 0 bridgehead atoms. The number of amides is 1. The minimum atomic E-state index is -0.570. The summed E-state index contributed by atoms with van der Waals surface area (Å²) in [5.74, 6) is 0.548. The average Bonchev–Trinajstić information content (AvgIpc) is 2.47. The maximum Gasteiger partial charge on any atom is 0.251 e. The molecule has 5 heteroatoms. The molecule has 21 heavy (non-hydrogen) atoms. The van der Waals surface area contributed by atoms with Crippen LogP contribution in [-0.2, 0) is 0 Å². The summed E-state index contributed by atoms with van der Waals surface area (Å²) in [6, 6.07) is 6.18. The topological polar surface area (TPSA) is 72.8 Å². The molecule has 1 amide bonds. The molecule has 0 radical (unpaired) electrons. The first-order chi connectivity index (χ1) is 10.0. The fourth-order valence-corrected chi connectivity index (χ4v) is 2.57. The molecule has 1 aromatic rings. The number of nitrogens with one attached hydrogen (secondary N) is 1. The Morgan fingerprint density at radius 1 is 1.43 bits per heavy atom. The van der Waals surface area contributed by atoms with Gasteiger partial charge < -0.3 is 20.4 Å². The van der Waals surface area contributed by atoms with Crippen LogP contribution >= 0.6 is 0 Å². The van der Waals surface area contributed by atoms with Gasteiger partial charge >= 0.3 is 0 Å². The van der Waals surface area contributed by atoms with E-state index in [9.17, 15) is 15.0 Å². The lowest BCUT2D eigenvalue weighted by Gasteiger charge is -2.31. The predicted molar refractivity (Wildman–Crippen MR) is 81.3 cm³/mol. The van der Waals surface area contributed by atoms with E-state index in [1.165, 1.54) is 25.0 Å². The van der Waals surface area contributed by atoms with Crippen molar-refractivity contribution < 1.29 is 15.0 Å². The van der Waals surface area contributed by atoms with Crippen LogP contribution in [0, 0.1) is 5.92 Å². The molecule has 1 aliphatic rings. The SMILES string of the molecule is CC1CCN(CC(O)CNC(=O)c2cccc(O)c2)CC1. The number of nitrogens with zero attached hydrogens (tertiary/aromatic N) is 1. The van der Waals surface area contributed by atoms with Gasteiger partial charge in [0.25, 0.3) is 5.91 Å². The number of carbonyl (C=O) groups excluding carboxylic acids is 1. The van der Waals surface area contributed by atoms with Crippen molar-refractivity contribution in [1.29, 1.82) is 0 Å². The number of likely N-dealkylation sites (tertiary alicyclic amines) is 1. The third-order valence-electron chi connectivity index (χ3n) is 3.95. The summed E-state index contributed by atoms with van der Waals surface area (Å²) in [5, 5.41) is 22.1. The van der Waals surface area contributed by atoms with E-state index < -0.39 is 6.10 Å². The quantitative estimate of drug-likeness (QED) is 0.763. The molecule has 1 aromatic carbocycles. The maximum atomic E-state index is 11.9. The second-order valence-corrected chi connectivity index (χ2v) is 5.90. The molecule has 1 fully saturated rings. The summed E-state index contributed by atoms with van der Waals surface area (Å²) >= 11 is 0. The number of aliphatic hydroxyl groups excluding tert-OH is 1. The highest BCUT2D eigenvalue weighted by Gasteiger charge is 2.18. The summed E-state index contributed by atoms with van der Waals surface area (Å²) in [7, 11) is 0. The highest BCUT2D eigenvalue weighted by Crippen LogP contribution is 2.16. The van der Waals surface area contributed by atoms with Crippen LogP contribution in [0.15, 0.2) is 24.3 Å². The number of β-amino-alcohol motifs (C(OH)–C–C–N with tert-alkyl or cyclic N) is 1. The van der Waals surface area contributed by atoms with E-state index >= 15 is 0 Å². The van der Waals surface area contributed by atoms with Gasteiger partial charge in [-0.3, -0.25) is 4.79 Å². The number of aliphatic hydroxyl groups is 1. The summed E-state index contributed by atoms with van der Waals surface area (Å²) in [4.78, 5) is 14.1. The van der Waals surface area contributed by atoms with Crippen molar-refractivity contribution in [2.45, 2.75) is 25.9 Å². The predicted octanol–water partition coefficient (Wildman–Crippen LogP) is 1.21. The van der Waals surface area contributed by atoms with Gasteiger partial charge in [0.2, 0.25) is 0 Å². The smallest absolute Gasteiger partial charge is 0.251 e. The molecule has 5 nitrogen and oxygen atoms in total. The summed E-state index contributed by atoms with van der Waals surface area (Å²) < 4.78 is 0. The van der Waals surface area contributed by atoms with E-state index in [0.717, 1.165) is 19.0 Å². The third kappa shape index (κ3) is 5.02. The van der Waals surface area contributed by atoms with Gasteiger partial charge in [-0.1, -0.05) is 13.0 Å². The van der Waals surface area contributed by atoms with Gasteiger partial charge in [0.15, 0.2) is 0 Å². The minimum absolute atomic E-state index is 0.0608. The fraction of sp³-hybridized carbons (Fsp3) is 0.562. The molecule has 1 atom stereocenters. The van der Waals surface area contributed by atoms with E-state index in [4.69, 9.17) is 0 Å². The molecule has 116 valence electrons. The molecule has 1 unspecified atom stereocenters. The van der Waals surface area contributed by atoms with Crippen LogP contribution in [0.2, 0.25) is 0 Å². The van der Waals surface area contributed by atoms with Crippen molar-refractivity contribution in [1.82, 2.24) is 10.2 Å². The first-order valence-electron chi connectivity index (χ1n) is 7.52. The number of phenolic OH excluding ortho intramolecular Hbond substituents is 1. The number of phenols is 1. The molecule has 3 N–H and O–H groups in total. The van der Waals surface area contributed by atoms with Crippen molar-refractivity contribution in [3.8, 4) is 5.75 Å². The van der Waals surface area contributed by atoms with Crippen molar-refractivity contribution in [3.63, 3.8) is 0 Å². The standard InChI is InChI=1S/C16H24N2O3/c1-12-5-7-18(8-6-12)11-15(20)10-17-16(21)13-3-2-4-14(19)9-13/h2-4,9,12,15,19-20H,5-8,10-11H2,1H3,(H,17,21). The van der Waals surface area contributed by atoms with E-state index in [1.54, 1.807) is 12.1 Å². The third-order valence-corrected chi connectivity index (χ3v) is 3.95. The molecule has 1 heterocycles. The number of piperidine rings is 1. The Balaban J connectivity index is 1.73. The zero-order chi connectivity index (χ0) is 15.2. The van der Waals surface area contributed by atoms with E-state index in [2.05, 4.69) is 17.1 Å². The summed E-state index contributed by atoms with van der Waals surface area (Å²) in [5.41, 5.74) is 0.397. The lowest BCUT2D eigenvalue weighted by Crippen LogP contribution is -2.43. The van der Waals surface area contributed by atoms with Gasteiger partial charge in [-0.25, -0.2) is 0 Å². The van der Waals surface area contributed by atoms with Gasteiger partial charge in [0, 0.05) is 18.7 Å². The number of hydrogen-bond donors (Lipinski definition) is 3. The Labute approximate surface area is 125 Å². The van der Waals surface area contributed by atoms with E-state index in [1.807, 2.05) is 0 Å². The Hall–Kier alpha value is -1.59. The molecule has 0 aliphatic carbocycles. The minimum Gasteiger partial charge on any atom is -0.508 e. The highest BCUT2D eigenvalue weighted by atomic mass is 16.3. The zero-order valence-electron chi connectivity index (χ0n) is 12.5. The Kier molecular flexibility index (Phi) is 5.59. The van der Waals surface area contributed by atoms with Crippen LogP contribution in [0.4, 0.5) is 0 Å². The van der Waals surface area contributed by atoms with Gasteiger partial charge in [-0.2, -0.15) is 0 Å². The van der Waals surface area contributed by atoms with Gasteiger partial charge in [0.05, 0.1) is 6.10 Å². The lowest BCUT2D eigenvalue weighted by atomic mass is 9.99. The second kappa shape index (κ2) is 7.43. The average molecular weight is 292 g/mol. The second-order valence-electron chi connectivity index (χ2n) is 5.90. The van der Waals surface area contributed by atoms with Crippen LogP contribution < -0.4 is 5.32 Å². The van der Waals surface area contributed by atoms with Crippen molar-refractivity contribution in [2.75, 3.05) is 26.2 Å². The number of aromatic hydroxyl groups is 1. The van der Waals surface area contributed by atoms with Crippen LogP contribution in [-0.4, -0.2) is 53.3 Å². The monoisotopic (exact) mass is 292 g/mol. The molecule has 0 saturated carbocycles. The molecule has 0 spiro atoms. The van der Waals surface area contributed by atoms with Gasteiger partial charge in [-0.05, 0) is 50.0 Å². The Morgan fingerprint density at radius 2 is 2.14 bits per heavy atom. The molecular weight excluding hydrogens is 268 g/mol. The van der Waals surface area contributed by atoms with Gasteiger partial charge in [-0.15, -0.1) is 0 Å². The maximum absolute atomic E-state index is 11.9. The van der Waals surface area contributed by atoms with E-state index in [0.29, 0.717) is 12.1 Å². The summed E-state index contributed by atoms with van der Waals surface area (Å²) in [6.45, 7) is 5.09. The number of carbonyl (C=O) groups is 1. The summed E-state index contributed by atoms with van der Waals surface area (Å²) in [6.07, 6.45) is 1.77. The first-order valence-corrected chi connectivity index (χ1v) is 7.52. The van der Waals surface area contributed by atoms with Crippen molar-refractivity contribution in [2.24, 2.45) is 5.92 Å². The normalized spacial score (nSPS) is 18.4. The van der Waals surface area contributed by atoms with E-state index in [-0.39, 0.29) is 18.2 Å². The van der Waals surface area contributed by atoms with Crippen molar-refractivity contribution >= 4 is 5.91 Å². The van der Waals surface area contributed by atoms with Crippen LogP contribution in [0.3, 0.4) is 0 Å². The lowest BCUT2D eigenvalue weighted by molar-refractivity contribution is 0.0795. The molecule has 1 saturated heterocycles. The molecule has 0 aromatic heterocycles. The van der Waals surface area contributed by atoms with Gasteiger partial charge in [0.1, 0.15) is 5.75 Å². The fourth-order valence-electron chi connectivity index (χ4n) is 2.57. The highest BCUT2D eigenvalue weighted by molar-refractivity contribution is 5.94. The zero-order valence-corrected chi connectivity index (χ0v) is 12.5. The van der Waals surface area contributed by atoms with Crippen LogP contribution in [0.1, 0.15) is 30.1 Å². The van der Waals surface area contributed by atoms with Crippen LogP contribution in [0.5, 0.6) is 5.75 Å². The number of rotatable bonds is 5. The number of hydrogen-bond acceptors (Lipinski definition) is 4. The Bertz CT molecular complexity index is 470. The first kappa shape index (κ1) is 15.8. The van der Waals surface area contributed by atoms with Crippen molar-refractivity contribution in [3.05, 3.63) is 29.8 Å². The Morgan fingerprint density at radius 3 is 2.81 bits per heavy atom. The largest absolute Gasteiger partial charge is 0.508 e. The molecule has 1 aliphatic heterocycles. The molecular formula is C16H24N2O3. The molecule has 2 rings (SSSR count). The van der Waals surface area contributed by atoms with Crippen LogP contribution in [0.25, 0.3) is 0 Å².